The summed E-state index contributed by atoms with van der Waals surface area (Å²) in [6.45, 7) is 4.01. The van der Waals surface area contributed by atoms with Crippen LogP contribution in [0.25, 0.3) is 0 Å². The van der Waals surface area contributed by atoms with Gasteiger partial charge in [-0.3, -0.25) is 5.01 Å². The lowest BCUT2D eigenvalue weighted by molar-refractivity contribution is -0.269. The number of hydrazine groups is 1. The lowest BCUT2D eigenvalue weighted by Gasteiger charge is -2.28. The first-order valence-electron chi connectivity index (χ1n) is 4.94. The molecule has 82 valence electrons. The molecule has 1 unspecified atom stereocenters. The van der Waals surface area contributed by atoms with E-state index in [4.69, 9.17) is 0 Å². The van der Waals surface area contributed by atoms with Crippen LogP contribution in [0.4, 0.5) is 4.79 Å². The normalized spacial score (nSPS) is 12.1. The van der Waals surface area contributed by atoms with Crippen LogP contribution in [0.1, 0.15) is 25.5 Å². The van der Waals surface area contributed by atoms with Crippen molar-refractivity contribution < 1.29 is 9.90 Å². The molecule has 15 heavy (non-hydrogen) atoms. The summed E-state index contributed by atoms with van der Waals surface area (Å²) in [5.74, 6) is 0. The molecular formula is C11H15N2O2-. The maximum atomic E-state index is 10.6. The molecule has 4 heteroatoms. The Hall–Kier alpha value is -1.55. The molecular weight excluding hydrogens is 192 g/mol. The predicted molar refractivity (Wildman–Crippen MR) is 55.8 cm³/mol. The van der Waals surface area contributed by atoms with E-state index in [2.05, 4.69) is 5.43 Å². The van der Waals surface area contributed by atoms with Crippen molar-refractivity contribution in [3.05, 3.63) is 35.9 Å². The summed E-state index contributed by atoms with van der Waals surface area (Å²) >= 11 is 0. The molecule has 0 aromatic heterocycles. The number of amides is 1. The minimum absolute atomic E-state index is 0.0518. The highest BCUT2D eigenvalue weighted by Gasteiger charge is 2.08. The fourth-order valence-electron chi connectivity index (χ4n) is 1.32. The van der Waals surface area contributed by atoms with E-state index in [-0.39, 0.29) is 6.04 Å². The highest BCUT2D eigenvalue weighted by atomic mass is 16.4. The average Bonchev–Trinajstić information content (AvgIpc) is 2.26. The molecule has 0 fully saturated rings. The summed E-state index contributed by atoms with van der Waals surface area (Å²) in [5.41, 5.74) is 3.89. The SMILES string of the molecule is CCN(NC(C)c1ccccc1)C(=O)[O-]. The van der Waals surface area contributed by atoms with E-state index >= 15 is 0 Å². The van der Waals surface area contributed by atoms with Crippen molar-refractivity contribution in [2.75, 3.05) is 6.54 Å². The minimum atomic E-state index is -1.21. The number of hydrogen-bond donors (Lipinski definition) is 1. The zero-order valence-corrected chi connectivity index (χ0v) is 8.93. The fraction of sp³-hybridized carbons (Fsp3) is 0.364. The van der Waals surface area contributed by atoms with Crippen LogP contribution in [0.3, 0.4) is 0 Å². The van der Waals surface area contributed by atoms with Crippen molar-refractivity contribution in [2.45, 2.75) is 19.9 Å². The van der Waals surface area contributed by atoms with E-state index in [1.807, 2.05) is 37.3 Å². The molecule has 4 nitrogen and oxygen atoms in total. The third-order valence-electron chi connectivity index (χ3n) is 2.19. The van der Waals surface area contributed by atoms with Crippen LogP contribution >= 0.6 is 0 Å². The zero-order chi connectivity index (χ0) is 11.3. The molecule has 0 saturated heterocycles. The molecule has 0 saturated carbocycles. The van der Waals surface area contributed by atoms with Gasteiger partial charge in [0, 0.05) is 12.6 Å². The molecule has 0 aliphatic rings. The van der Waals surface area contributed by atoms with Gasteiger partial charge in [-0.05, 0) is 19.4 Å². The molecule has 0 aliphatic heterocycles. The molecule has 1 amide bonds. The van der Waals surface area contributed by atoms with Gasteiger partial charge in [0.1, 0.15) is 0 Å². The van der Waals surface area contributed by atoms with Gasteiger partial charge >= 0.3 is 0 Å². The second-order valence-electron chi connectivity index (χ2n) is 3.27. The molecule has 1 rings (SSSR count). The molecule has 0 spiro atoms. The van der Waals surface area contributed by atoms with Crippen molar-refractivity contribution in [1.29, 1.82) is 0 Å². The number of carbonyl (C=O) groups excluding carboxylic acids is 1. The molecule has 1 atom stereocenters. The first kappa shape index (κ1) is 11.5. The number of nitrogens with one attached hydrogen (secondary N) is 1. The largest absolute Gasteiger partial charge is 0.529 e. The number of carboxylic acid groups (broad SMARTS) is 1. The molecule has 1 aromatic rings. The van der Waals surface area contributed by atoms with Gasteiger partial charge in [-0.1, -0.05) is 30.3 Å². The van der Waals surface area contributed by atoms with Gasteiger partial charge in [0.25, 0.3) is 0 Å². The first-order valence-corrected chi connectivity index (χ1v) is 4.94. The summed E-state index contributed by atoms with van der Waals surface area (Å²) in [5, 5.41) is 11.7. The van der Waals surface area contributed by atoms with E-state index in [0.717, 1.165) is 10.6 Å². The first-order chi connectivity index (χ1) is 7.15. The van der Waals surface area contributed by atoms with Crippen molar-refractivity contribution in [1.82, 2.24) is 10.4 Å². The summed E-state index contributed by atoms with van der Waals surface area (Å²) in [6.07, 6.45) is -1.21. The van der Waals surface area contributed by atoms with Crippen molar-refractivity contribution >= 4 is 6.09 Å². The molecule has 0 heterocycles. The van der Waals surface area contributed by atoms with Crippen molar-refractivity contribution in [3.63, 3.8) is 0 Å². The quantitative estimate of drug-likeness (QED) is 0.747. The van der Waals surface area contributed by atoms with Gasteiger partial charge in [-0.2, -0.15) is 0 Å². The lowest BCUT2D eigenvalue weighted by Crippen LogP contribution is -2.50. The molecule has 1 aromatic carbocycles. The van der Waals surface area contributed by atoms with Crippen LogP contribution in [0.5, 0.6) is 0 Å². The number of carbonyl (C=O) groups is 1. The maximum Gasteiger partial charge on any atom is 0.152 e. The second-order valence-corrected chi connectivity index (χ2v) is 3.27. The van der Waals surface area contributed by atoms with Gasteiger partial charge < -0.3 is 9.90 Å². The molecule has 0 radical (unpaired) electrons. The Balaban J connectivity index is 2.62. The van der Waals surface area contributed by atoms with E-state index in [1.54, 1.807) is 6.92 Å². The topological polar surface area (TPSA) is 55.4 Å². The van der Waals surface area contributed by atoms with Gasteiger partial charge in [0.2, 0.25) is 0 Å². The average molecular weight is 207 g/mol. The third kappa shape index (κ3) is 3.25. The minimum Gasteiger partial charge on any atom is -0.529 e. The van der Waals surface area contributed by atoms with E-state index < -0.39 is 6.09 Å². The van der Waals surface area contributed by atoms with Crippen LogP contribution in [0, 0.1) is 0 Å². The van der Waals surface area contributed by atoms with Gasteiger partial charge in [-0.15, -0.1) is 0 Å². The summed E-state index contributed by atoms with van der Waals surface area (Å²) < 4.78 is 0. The Morgan fingerprint density at radius 2 is 2.07 bits per heavy atom. The van der Waals surface area contributed by atoms with Gasteiger partial charge in [0.05, 0.1) is 0 Å². The van der Waals surface area contributed by atoms with Crippen LogP contribution < -0.4 is 10.5 Å². The summed E-state index contributed by atoms with van der Waals surface area (Å²) in [7, 11) is 0. The van der Waals surface area contributed by atoms with Gasteiger partial charge in [-0.25, -0.2) is 5.43 Å². The Kier molecular flexibility index (Phi) is 4.12. The highest BCUT2D eigenvalue weighted by molar-refractivity contribution is 5.61. The Morgan fingerprint density at radius 1 is 1.47 bits per heavy atom. The number of nitrogens with zero attached hydrogens (tertiary/aromatic N) is 1. The molecule has 0 aliphatic carbocycles. The number of hydrogen-bond acceptors (Lipinski definition) is 3. The predicted octanol–water partition coefficient (Wildman–Crippen LogP) is 0.917. The summed E-state index contributed by atoms with van der Waals surface area (Å²) in [6, 6.07) is 9.60. The molecule has 1 N–H and O–H groups in total. The Labute approximate surface area is 89.5 Å². The van der Waals surface area contributed by atoms with E-state index in [9.17, 15) is 9.90 Å². The van der Waals surface area contributed by atoms with Crippen LogP contribution in [-0.4, -0.2) is 17.6 Å². The second kappa shape index (κ2) is 5.36. The van der Waals surface area contributed by atoms with Crippen molar-refractivity contribution in [3.8, 4) is 0 Å². The maximum absolute atomic E-state index is 10.6. The van der Waals surface area contributed by atoms with Crippen LogP contribution in [0.15, 0.2) is 30.3 Å². The van der Waals surface area contributed by atoms with E-state index in [1.165, 1.54) is 0 Å². The zero-order valence-electron chi connectivity index (χ0n) is 8.93. The Bertz CT molecular complexity index is 314. The molecule has 0 bridgehead atoms. The number of benzene rings is 1. The Morgan fingerprint density at radius 3 is 2.53 bits per heavy atom. The standard InChI is InChI=1S/C11H16N2O2/c1-3-13(11(14)15)12-9(2)10-7-5-4-6-8-10/h4-9,12H,3H2,1-2H3,(H,14,15)/p-1. The number of rotatable bonds is 4. The highest BCUT2D eigenvalue weighted by Crippen LogP contribution is 2.11. The van der Waals surface area contributed by atoms with Crippen molar-refractivity contribution in [2.24, 2.45) is 0 Å². The summed E-state index contributed by atoms with van der Waals surface area (Å²) in [4.78, 5) is 10.6. The fourth-order valence-corrected chi connectivity index (χ4v) is 1.32. The van der Waals surface area contributed by atoms with Gasteiger partial charge in [0.15, 0.2) is 6.09 Å². The van der Waals surface area contributed by atoms with Crippen LogP contribution in [0.2, 0.25) is 0 Å². The van der Waals surface area contributed by atoms with E-state index in [0.29, 0.717) is 6.54 Å². The van der Waals surface area contributed by atoms with Crippen LogP contribution in [-0.2, 0) is 0 Å². The third-order valence-corrected chi connectivity index (χ3v) is 2.19. The lowest BCUT2D eigenvalue weighted by atomic mass is 10.1. The monoisotopic (exact) mass is 207 g/mol. The smallest absolute Gasteiger partial charge is 0.152 e.